The smallest absolute Gasteiger partial charge is 0.239 e. The number of likely N-dealkylation sites (N-methyl/N-ethyl adjacent to an activating group) is 1. The van der Waals surface area contributed by atoms with Gasteiger partial charge in [-0.15, -0.1) is 11.6 Å². The summed E-state index contributed by atoms with van der Waals surface area (Å²) < 4.78 is 11.9. The summed E-state index contributed by atoms with van der Waals surface area (Å²) in [5.74, 6) is 2.28. The normalized spacial score (nSPS) is 14.9. The molecule has 1 fully saturated rings. The summed E-state index contributed by atoms with van der Waals surface area (Å²) in [4.78, 5) is 25.8. The van der Waals surface area contributed by atoms with E-state index in [0.29, 0.717) is 29.6 Å². The van der Waals surface area contributed by atoms with Crippen LogP contribution in [0.25, 0.3) is 6.08 Å². The SMILES string of the molecule is COc1cc(N2CCN(C)CC2)ccc1Cc1nc2c(c(Oc3ccc(NC(=O)CCl)cc3)n1)C=CC2. The fourth-order valence-electron chi connectivity index (χ4n) is 4.53. The van der Waals surface area contributed by atoms with Crippen LogP contribution in [0, 0.1) is 0 Å². The Labute approximate surface area is 221 Å². The molecule has 1 aromatic heterocycles. The highest BCUT2D eigenvalue weighted by Gasteiger charge is 2.20. The summed E-state index contributed by atoms with van der Waals surface area (Å²) in [6.07, 6.45) is 5.32. The van der Waals surface area contributed by atoms with Crippen LogP contribution >= 0.6 is 11.6 Å². The van der Waals surface area contributed by atoms with Crippen LogP contribution in [-0.2, 0) is 17.6 Å². The highest BCUT2D eigenvalue weighted by Crippen LogP contribution is 2.33. The Morgan fingerprint density at radius 2 is 1.86 bits per heavy atom. The van der Waals surface area contributed by atoms with Gasteiger partial charge >= 0.3 is 0 Å². The van der Waals surface area contributed by atoms with Gasteiger partial charge in [0.15, 0.2) is 0 Å². The standard InChI is InChI=1S/C28H30ClN5O3/c1-33-12-14-34(15-13-33)21-9-6-19(25(17-21)36-2)16-26-31-24-5-3-4-23(24)28(32-26)37-22-10-7-20(8-11-22)30-27(35)18-29/h3-4,6-11,17H,5,12-16,18H2,1-2H3,(H,30,35). The molecule has 2 aromatic carbocycles. The molecule has 5 rings (SSSR count). The van der Waals surface area contributed by atoms with Crippen molar-refractivity contribution in [2.75, 3.05) is 56.4 Å². The maximum atomic E-state index is 11.5. The lowest BCUT2D eigenvalue weighted by molar-refractivity contribution is -0.113. The number of anilines is 2. The molecule has 1 amide bonds. The number of carbonyl (C=O) groups excluding carboxylic acids is 1. The summed E-state index contributed by atoms with van der Waals surface area (Å²) in [5.41, 5.74) is 4.68. The molecule has 192 valence electrons. The number of piperazine rings is 1. The third kappa shape index (κ3) is 5.87. The van der Waals surface area contributed by atoms with E-state index in [1.807, 2.05) is 6.08 Å². The number of allylic oxidation sites excluding steroid dienone is 1. The Bertz CT molecular complexity index is 1300. The summed E-state index contributed by atoms with van der Waals surface area (Å²) in [5, 5.41) is 2.72. The van der Waals surface area contributed by atoms with E-state index in [1.54, 1.807) is 31.4 Å². The quantitative estimate of drug-likeness (QED) is 0.443. The van der Waals surface area contributed by atoms with Crippen LogP contribution in [0.2, 0.25) is 0 Å². The number of ether oxygens (including phenoxy) is 2. The average Bonchev–Trinajstić information content (AvgIpc) is 3.39. The second kappa shape index (κ2) is 11.2. The number of aromatic nitrogens is 2. The number of rotatable bonds is 8. The second-order valence-electron chi connectivity index (χ2n) is 9.18. The van der Waals surface area contributed by atoms with Crippen LogP contribution < -0.4 is 19.7 Å². The fraction of sp³-hybridized carbons (Fsp3) is 0.321. The Balaban J connectivity index is 1.35. The number of nitrogens with zero attached hydrogens (tertiary/aromatic N) is 4. The van der Waals surface area contributed by atoms with Crippen molar-refractivity contribution in [1.82, 2.24) is 14.9 Å². The molecule has 0 radical (unpaired) electrons. The first-order valence-corrected chi connectivity index (χ1v) is 12.9. The highest BCUT2D eigenvalue weighted by molar-refractivity contribution is 6.29. The number of hydrogen-bond donors (Lipinski definition) is 1. The molecule has 2 heterocycles. The molecule has 2 aliphatic rings. The largest absolute Gasteiger partial charge is 0.496 e. The monoisotopic (exact) mass is 519 g/mol. The molecule has 37 heavy (non-hydrogen) atoms. The van der Waals surface area contributed by atoms with Crippen molar-refractivity contribution in [2.24, 2.45) is 0 Å². The van der Waals surface area contributed by atoms with Crippen LogP contribution in [0.3, 0.4) is 0 Å². The highest BCUT2D eigenvalue weighted by atomic mass is 35.5. The molecular weight excluding hydrogens is 490 g/mol. The maximum Gasteiger partial charge on any atom is 0.239 e. The lowest BCUT2D eigenvalue weighted by atomic mass is 10.1. The minimum absolute atomic E-state index is 0.0935. The Kier molecular flexibility index (Phi) is 7.58. The van der Waals surface area contributed by atoms with Gasteiger partial charge in [0.05, 0.1) is 18.4 Å². The molecular formula is C28H30ClN5O3. The van der Waals surface area contributed by atoms with E-state index in [-0.39, 0.29) is 11.8 Å². The molecule has 9 heteroatoms. The van der Waals surface area contributed by atoms with Crippen LogP contribution in [0.5, 0.6) is 17.4 Å². The zero-order valence-electron chi connectivity index (χ0n) is 21.0. The average molecular weight is 520 g/mol. The predicted molar refractivity (Wildman–Crippen MR) is 146 cm³/mol. The van der Waals surface area contributed by atoms with Gasteiger partial charge in [-0.2, -0.15) is 4.98 Å². The van der Waals surface area contributed by atoms with E-state index in [1.165, 1.54) is 5.69 Å². The van der Waals surface area contributed by atoms with Gasteiger partial charge in [0, 0.05) is 62.0 Å². The number of carbonyl (C=O) groups is 1. The van der Waals surface area contributed by atoms with E-state index in [0.717, 1.165) is 55.2 Å². The first-order valence-electron chi connectivity index (χ1n) is 12.3. The summed E-state index contributed by atoms with van der Waals surface area (Å²) in [7, 11) is 3.86. The molecule has 1 saturated heterocycles. The Morgan fingerprint density at radius 3 is 2.59 bits per heavy atom. The van der Waals surface area contributed by atoms with Crippen molar-refractivity contribution in [2.45, 2.75) is 12.8 Å². The van der Waals surface area contributed by atoms with Gasteiger partial charge in [0.1, 0.15) is 23.2 Å². The van der Waals surface area contributed by atoms with Gasteiger partial charge in [-0.1, -0.05) is 18.2 Å². The van der Waals surface area contributed by atoms with Crippen molar-refractivity contribution in [1.29, 1.82) is 0 Å². The third-order valence-electron chi connectivity index (χ3n) is 6.59. The van der Waals surface area contributed by atoms with Gasteiger partial charge in [0.25, 0.3) is 0 Å². The minimum Gasteiger partial charge on any atom is -0.496 e. The fourth-order valence-corrected chi connectivity index (χ4v) is 4.60. The van der Waals surface area contributed by atoms with Crippen molar-refractivity contribution in [3.8, 4) is 17.4 Å². The third-order valence-corrected chi connectivity index (χ3v) is 6.84. The van der Waals surface area contributed by atoms with Gasteiger partial charge < -0.3 is 24.6 Å². The van der Waals surface area contributed by atoms with E-state index in [9.17, 15) is 4.79 Å². The molecule has 0 atom stereocenters. The Morgan fingerprint density at radius 1 is 1.08 bits per heavy atom. The number of alkyl halides is 1. The van der Waals surface area contributed by atoms with Gasteiger partial charge in [0.2, 0.25) is 11.8 Å². The molecule has 1 aliphatic heterocycles. The van der Waals surface area contributed by atoms with E-state index >= 15 is 0 Å². The molecule has 8 nitrogen and oxygen atoms in total. The lowest BCUT2D eigenvalue weighted by Gasteiger charge is -2.34. The van der Waals surface area contributed by atoms with Crippen LogP contribution in [-0.4, -0.2) is 67.0 Å². The van der Waals surface area contributed by atoms with Crippen molar-refractivity contribution in [3.63, 3.8) is 0 Å². The Hall–Kier alpha value is -3.62. The molecule has 0 bridgehead atoms. The zero-order valence-corrected chi connectivity index (χ0v) is 21.8. The molecule has 0 unspecified atom stereocenters. The van der Waals surface area contributed by atoms with Crippen molar-refractivity contribution >= 4 is 35.0 Å². The van der Waals surface area contributed by atoms with Crippen LogP contribution in [0.1, 0.15) is 22.6 Å². The van der Waals surface area contributed by atoms with E-state index in [2.05, 4.69) is 46.4 Å². The molecule has 3 aromatic rings. The molecule has 1 aliphatic carbocycles. The number of nitrogens with one attached hydrogen (secondary N) is 1. The molecule has 1 N–H and O–H groups in total. The van der Waals surface area contributed by atoms with Crippen molar-refractivity contribution < 1.29 is 14.3 Å². The van der Waals surface area contributed by atoms with Gasteiger partial charge in [-0.05, 0) is 37.4 Å². The first-order chi connectivity index (χ1) is 18.0. The number of fused-ring (bicyclic) bond motifs is 1. The van der Waals surface area contributed by atoms with E-state index in [4.69, 9.17) is 31.0 Å². The van der Waals surface area contributed by atoms with Crippen LogP contribution in [0.4, 0.5) is 11.4 Å². The second-order valence-corrected chi connectivity index (χ2v) is 9.45. The first kappa shape index (κ1) is 25.0. The van der Waals surface area contributed by atoms with Gasteiger partial charge in [-0.3, -0.25) is 4.79 Å². The van der Waals surface area contributed by atoms with E-state index < -0.39 is 0 Å². The summed E-state index contributed by atoms with van der Waals surface area (Å²) in [6.45, 7) is 4.10. The molecule has 0 saturated carbocycles. The number of halogens is 1. The maximum absolute atomic E-state index is 11.5. The zero-order chi connectivity index (χ0) is 25.8. The molecule has 0 spiro atoms. The number of methoxy groups -OCH3 is 1. The number of amides is 1. The minimum atomic E-state index is -0.259. The predicted octanol–water partition coefficient (Wildman–Crippen LogP) is 4.37. The van der Waals surface area contributed by atoms with Crippen LogP contribution in [0.15, 0.2) is 48.5 Å². The summed E-state index contributed by atoms with van der Waals surface area (Å²) in [6, 6.07) is 13.5. The van der Waals surface area contributed by atoms with Crippen molar-refractivity contribution in [3.05, 3.63) is 71.2 Å². The lowest BCUT2D eigenvalue weighted by Crippen LogP contribution is -2.44. The van der Waals surface area contributed by atoms with Gasteiger partial charge in [-0.25, -0.2) is 4.98 Å². The number of benzene rings is 2. The topological polar surface area (TPSA) is 79.8 Å². The summed E-state index contributed by atoms with van der Waals surface area (Å²) >= 11 is 5.57. The number of hydrogen-bond acceptors (Lipinski definition) is 7.